The molecule has 2 aromatic carbocycles. The van der Waals surface area contributed by atoms with Crippen molar-refractivity contribution >= 4 is 22.6 Å². The summed E-state index contributed by atoms with van der Waals surface area (Å²) in [4.78, 5) is 32.0. The van der Waals surface area contributed by atoms with E-state index in [1.54, 1.807) is 17.0 Å². The number of rotatable bonds is 3. The molecule has 0 saturated carbocycles. The lowest BCUT2D eigenvalue weighted by Crippen LogP contribution is -2.40. The van der Waals surface area contributed by atoms with Gasteiger partial charge in [-0.3, -0.25) is 14.2 Å². The SMILES string of the molecule is C[C@@H]1Cc2ccccc2N1C(=O)Cn1cnc2c(cnn2-c2ccc(F)cc2)c1=O. The predicted molar refractivity (Wildman–Crippen MR) is 110 cm³/mol. The zero-order valence-corrected chi connectivity index (χ0v) is 16.2. The van der Waals surface area contributed by atoms with Gasteiger partial charge in [0.25, 0.3) is 5.56 Å². The Labute approximate surface area is 171 Å². The van der Waals surface area contributed by atoms with Gasteiger partial charge in [0, 0.05) is 11.7 Å². The van der Waals surface area contributed by atoms with E-state index in [4.69, 9.17) is 0 Å². The molecule has 4 aromatic rings. The van der Waals surface area contributed by atoms with Crippen molar-refractivity contribution in [3.05, 3.63) is 82.8 Å². The molecule has 0 bridgehead atoms. The van der Waals surface area contributed by atoms with Gasteiger partial charge in [-0.25, -0.2) is 14.1 Å². The molecule has 0 aliphatic carbocycles. The van der Waals surface area contributed by atoms with Crippen LogP contribution in [0, 0.1) is 5.82 Å². The second-order valence-electron chi connectivity index (χ2n) is 7.39. The van der Waals surface area contributed by atoms with Crippen LogP contribution in [0.4, 0.5) is 10.1 Å². The van der Waals surface area contributed by atoms with E-state index in [1.165, 1.54) is 33.9 Å². The Morgan fingerprint density at radius 2 is 1.93 bits per heavy atom. The molecule has 1 amide bonds. The molecule has 8 heteroatoms. The number of amides is 1. The average molecular weight is 403 g/mol. The molecule has 1 atom stereocenters. The van der Waals surface area contributed by atoms with Crippen molar-refractivity contribution in [2.75, 3.05) is 4.90 Å². The first-order chi connectivity index (χ1) is 14.5. The zero-order chi connectivity index (χ0) is 20.8. The van der Waals surface area contributed by atoms with Crippen molar-refractivity contribution in [3.8, 4) is 5.69 Å². The summed E-state index contributed by atoms with van der Waals surface area (Å²) in [6.07, 6.45) is 3.57. The Balaban J connectivity index is 1.47. The standard InChI is InChI=1S/C22H18FN5O2/c1-14-10-15-4-2-3-5-19(15)27(14)20(29)12-26-13-24-21-18(22(26)30)11-25-28(21)17-8-6-16(23)7-9-17/h2-9,11,13-14H,10,12H2,1H3/t14-/m1/s1. The summed E-state index contributed by atoms with van der Waals surface area (Å²) in [6.45, 7) is 1.89. The molecule has 1 aliphatic rings. The topological polar surface area (TPSA) is 73.0 Å². The van der Waals surface area contributed by atoms with Crippen LogP contribution in [0.15, 0.2) is 65.8 Å². The molecule has 0 unspecified atom stereocenters. The fourth-order valence-electron chi connectivity index (χ4n) is 4.00. The van der Waals surface area contributed by atoms with Crippen molar-refractivity contribution in [1.82, 2.24) is 19.3 Å². The van der Waals surface area contributed by atoms with Gasteiger partial charge >= 0.3 is 0 Å². The summed E-state index contributed by atoms with van der Waals surface area (Å²) in [6, 6.07) is 13.6. The first-order valence-corrected chi connectivity index (χ1v) is 9.62. The first-order valence-electron chi connectivity index (χ1n) is 9.62. The van der Waals surface area contributed by atoms with E-state index < -0.39 is 0 Å². The van der Waals surface area contributed by atoms with E-state index in [9.17, 15) is 14.0 Å². The van der Waals surface area contributed by atoms with Gasteiger partial charge in [-0.15, -0.1) is 0 Å². The maximum absolute atomic E-state index is 13.2. The smallest absolute Gasteiger partial charge is 0.264 e. The third-order valence-electron chi connectivity index (χ3n) is 5.41. The highest BCUT2D eigenvalue weighted by atomic mass is 19.1. The average Bonchev–Trinajstić information content (AvgIpc) is 3.31. The van der Waals surface area contributed by atoms with E-state index in [0.29, 0.717) is 16.7 Å². The Kier molecular flexibility index (Phi) is 4.20. The van der Waals surface area contributed by atoms with Crippen LogP contribution in [0.1, 0.15) is 12.5 Å². The van der Waals surface area contributed by atoms with Crippen molar-refractivity contribution < 1.29 is 9.18 Å². The van der Waals surface area contributed by atoms with Crippen LogP contribution in [0.25, 0.3) is 16.7 Å². The van der Waals surface area contributed by atoms with Gasteiger partial charge in [-0.1, -0.05) is 18.2 Å². The zero-order valence-electron chi connectivity index (χ0n) is 16.2. The monoisotopic (exact) mass is 403 g/mol. The Bertz CT molecular complexity index is 1330. The maximum Gasteiger partial charge on any atom is 0.264 e. The molecule has 0 fully saturated rings. The number of aromatic nitrogens is 4. The van der Waals surface area contributed by atoms with E-state index in [1.807, 2.05) is 31.2 Å². The normalized spacial score (nSPS) is 15.5. The third kappa shape index (κ3) is 2.88. The lowest BCUT2D eigenvalue weighted by molar-refractivity contribution is -0.119. The van der Waals surface area contributed by atoms with Gasteiger partial charge in [0.1, 0.15) is 24.1 Å². The van der Waals surface area contributed by atoms with Crippen molar-refractivity contribution in [2.24, 2.45) is 0 Å². The molecule has 0 saturated heterocycles. The predicted octanol–water partition coefficient (Wildman–Crippen LogP) is 2.70. The number of nitrogens with zero attached hydrogens (tertiary/aromatic N) is 5. The van der Waals surface area contributed by atoms with Crippen LogP contribution in [-0.2, 0) is 17.8 Å². The highest BCUT2D eigenvalue weighted by molar-refractivity contribution is 5.96. The molecule has 5 rings (SSSR count). The van der Waals surface area contributed by atoms with Crippen molar-refractivity contribution in [3.63, 3.8) is 0 Å². The van der Waals surface area contributed by atoms with E-state index in [2.05, 4.69) is 10.1 Å². The van der Waals surface area contributed by atoms with Crippen LogP contribution in [-0.4, -0.2) is 31.3 Å². The summed E-state index contributed by atoms with van der Waals surface area (Å²) in [5.74, 6) is -0.525. The fourth-order valence-corrected chi connectivity index (χ4v) is 4.00. The molecule has 30 heavy (non-hydrogen) atoms. The lowest BCUT2D eigenvalue weighted by atomic mass is 10.1. The number of carbonyl (C=O) groups excluding carboxylic acids is 1. The molecule has 0 radical (unpaired) electrons. The molecule has 2 aromatic heterocycles. The van der Waals surface area contributed by atoms with Gasteiger partial charge in [0.15, 0.2) is 5.65 Å². The van der Waals surface area contributed by atoms with Crippen LogP contribution < -0.4 is 10.5 Å². The minimum Gasteiger partial charge on any atom is -0.307 e. The number of carbonyl (C=O) groups is 1. The minimum absolute atomic E-state index is 0.0310. The van der Waals surface area contributed by atoms with Crippen LogP contribution in [0.3, 0.4) is 0 Å². The number of hydrogen-bond acceptors (Lipinski definition) is 4. The van der Waals surface area contributed by atoms with Crippen molar-refractivity contribution in [2.45, 2.75) is 25.9 Å². The number of fused-ring (bicyclic) bond motifs is 2. The summed E-state index contributed by atoms with van der Waals surface area (Å²) < 4.78 is 16.0. The van der Waals surface area contributed by atoms with E-state index >= 15 is 0 Å². The maximum atomic E-state index is 13.2. The molecule has 3 heterocycles. The third-order valence-corrected chi connectivity index (χ3v) is 5.41. The minimum atomic E-state index is -0.359. The molecule has 1 aliphatic heterocycles. The molecule has 150 valence electrons. The Morgan fingerprint density at radius 1 is 1.17 bits per heavy atom. The van der Waals surface area contributed by atoms with Crippen LogP contribution >= 0.6 is 0 Å². The summed E-state index contributed by atoms with van der Waals surface area (Å²) in [7, 11) is 0. The molecular formula is C22H18FN5O2. The van der Waals surface area contributed by atoms with Gasteiger partial charge in [0.05, 0.1) is 11.9 Å². The van der Waals surface area contributed by atoms with Gasteiger partial charge < -0.3 is 4.90 Å². The van der Waals surface area contributed by atoms with Gasteiger partial charge in [0.2, 0.25) is 5.91 Å². The Hall–Kier alpha value is -3.81. The molecule has 0 N–H and O–H groups in total. The molecule has 0 spiro atoms. The number of benzene rings is 2. The second-order valence-corrected chi connectivity index (χ2v) is 7.39. The van der Waals surface area contributed by atoms with Crippen LogP contribution in [0.2, 0.25) is 0 Å². The quantitative estimate of drug-likeness (QED) is 0.527. The summed E-state index contributed by atoms with van der Waals surface area (Å²) in [5.41, 5.74) is 2.62. The van der Waals surface area contributed by atoms with Gasteiger partial charge in [-0.2, -0.15) is 5.10 Å². The molecule has 7 nitrogen and oxygen atoms in total. The summed E-state index contributed by atoms with van der Waals surface area (Å²) in [5, 5.41) is 4.51. The lowest BCUT2D eigenvalue weighted by Gasteiger charge is -2.23. The first kappa shape index (κ1) is 18.2. The number of para-hydroxylation sites is 1. The highest BCUT2D eigenvalue weighted by Gasteiger charge is 2.30. The Morgan fingerprint density at radius 3 is 2.73 bits per heavy atom. The fraction of sp³-hybridized carbons (Fsp3) is 0.182. The second kappa shape index (κ2) is 6.91. The largest absolute Gasteiger partial charge is 0.307 e. The van der Waals surface area contributed by atoms with E-state index in [-0.39, 0.29) is 29.9 Å². The van der Waals surface area contributed by atoms with Crippen LogP contribution in [0.5, 0.6) is 0 Å². The molecular weight excluding hydrogens is 385 g/mol. The number of anilines is 1. The van der Waals surface area contributed by atoms with Crippen molar-refractivity contribution in [1.29, 1.82) is 0 Å². The highest BCUT2D eigenvalue weighted by Crippen LogP contribution is 2.31. The number of hydrogen-bond donors (Lipinski definition) is 0. The number of halogens is 1. The van der Waals surface area contributed by atoms with Gasteiger partial charge in [-0.05, 0) is 49.2 Å². The van der Waals surface area contributed by atoms with E-state index in [0.717, 1.165) is 17.7 Å². The summed E-state index contributed by atoms with van der Waals surface area (Å²) >= 11 is 0.